The molecule has 1 saturated heterocycles. The second kappa shape index (κ2) is 6.21. The Kier molecular flexibility index (Phi) is 4.61. The standard InChI is InChI=1S/C15H24N2O/c1-3-14(16)13-8-4-5-9-15(13)17-10-6-7-12(11-17)18-2/h4-5,8-9,12,14H,3,6-7,10-11,16H2,1-2H3/t12?,14-/m0/s1. The van der Waals surface area contributed by atoms with Crippen molar-refractivity contribution in [1.82, 2.24) is 0 Å². The van der Waals surface area contributed by atoms with Gasteiger partial charge in [0.2, 0.25) is 0 Å². The molecule has 2 atom stereocenters. The van der Waals surface area contributed by atoms with Gasteiger partial charge in [0.15, 0.2) is 0 Å². The lowest BCUT2D eigenvalue weighted by Crippen LogP contribution is -2.40. The molecule has 0 aromatic heterocycles. The molecule has 1 aliphatic rings. The van der Waals surface area contributed by atoms with E-state index in [1.54, 1.807) is 7.11 Å². The number of piperidine rings is 1. The van der Waals surface area contributed by atoms with Gasteiger partial charge in [-0.3, -0.25) is 0 Å². The van der Waals surface area contributed by atoms with Gasteiger partial charge in [-0.2, -0.15) is 0 Å². The van der Waals surface area contributed by atoms with Crippen LogP contribution < -0.4 is 10.6 Å². The van der Waals surface area contributed by atoms with Crippen LogP contribution in [0.4, 0.5) is 5.69 Å². The van der Waals surface area contributed by atoms with Gasteiger partial charge >= 0.3 is 0 Å². The number of hydrogen-bond acceptors (Lipinski definition) is 3. The number of anilines is 1. The highest BCUT2D eigenvalue weighted by atomic mass is 16.5. The summed E-state index contributed by atoms with van der Waals surface area (Å²) in [6.45, 7) is 4.22. The molecule has 1 fully saturated rings. The number of nitrogens with two attached hydrogens (primary N) is 1. The zero-order valence-corrected chi connectivity index (χ0v) is 11.4. The number of nitrogens with zero attached hydrogens (tertiary/aromatic N) is 1. The Hall–Kier alpha value is -1.06. The highest BCUT2D eigenvalue weighted by Gasteiger charge is 2.22. The van der Waals surface area contributed by atoms with Crippen molar-refractivity contribution < 1.29 is 4.74 Å². The molecule has 0 spiro atoms. The first-order chi connectivity index (χ1) is 8.76. The van der Waals surface area contributed by atoms with Crippen molar-refractivity contribution >= 4 is 5.69 Å². The van der Waals surface area contributed by atoms with Crippen LogP contribution in [0.15, 0.2) is 24.3 Å². The van der Waals surface area contributed by atoms with E-state index in [4.69, 9.17) is 10.5 Å². The molecule has 1 unspecified atom stereocenters. The average Bonchev–Trinajstić information content (AvgIpc) is 2.46. The predicted molar refractivity (Wildman–Crippen MR) is 75.9 cm³/mol. The molecule has 100 valence electrons. The molecule has 1 aromatic carbocycles. The molecule has 18 heavy (non-hydrogen) atoms. The zero-order valence-electron chi connectivity index (χ0n) is 11.4. The molecule has 2 rings (SSSR count). The smallest absolute Gasteiger partial charge is 0.0746 e. The van der Waals surface area contributed by atoms with E-state index in [9.17, 15) is 0 Å². The quantitative estimate of drug-likeness (QED) is 0.890. The zero-order chi connectivity index (χ0) is 13.0. The van der Waals surface area contributed by atoms with Crippen LogP contribution in [0.5, 0.6) is 0 Å². The number of rotatable bonds is 4. The van der Waals surface area contributed by atoms with E-state index in [2.05, 4.69) is 36.1 Å². The molecule has 3 nitrogen and oxygen atoms in total. The van der Waals surface area contributed by atoms with Gasteiger partial charge in [-0.1, -0.05) is 25.1 Å². The minimum atomic E-state index is 0.129. The van der Waals surface area contributed by atoms with Crippen LogP contribution >= 0.6 is 0 Å². The van der Waals surface area contributed by atoms with Gasteiger partial charge in [0, 0.05) is 31.9 Å². The summed E-state index contributed by atoms with van der Waals surface area (Å²) in [6, 6.07) is 8.64. The van der Waals surface area contributed by atoms with Gasteiger partial charge in [-0.15, -0.1) is 0 Å². The monoisotopic (exact) mass is 248 g/mol. The van der Waals surface area contributed by atoms with E-state index in [1.165, 1.54) is 17.7 Å². The molecule has 1 aromatic rings. The van der Waals surface area contributed by atoms with Gasteiger partial charge in [0.25, 0.3) is 0 Å². The van der Waals surface area contributed by atoms with Gasteiger partial charge in [0.1, 0.15) is 0 Å². The lowest BCUT2D eigenvalue weighted by molar-refractivity contribution is 0.0893. The molecule has 1 aliphatic heterocycles. The maximum absolute atomic E-state index is 6.21. The summed E-state index contributed by atoms with van der Waals surface area (Å²) in [5.41, 5.74) is 8.76. The maximum Gasteiger partial charge on any atom is 0.0746 e. The van der Waals surface area contributed by atoms with Crippen molar-refractivity contribution in [3.63, 3.8) is 0 Å². The second-order valence-corrected chi connectivity index (χ2v) is 5.02. The first-order valence-electron chi connectivity index (χ1n) is 6.88. The summed E-state index contributed by atoms with van der Waals surface area (Å²) in [4.78, 5) is 2.42. The minimum absolute atomic E-state index is 0.129. The van der Waals surface area contributed by atoms with Crippen molar-refractivity contribution in [2.24, 2.45) is 5.73 Å². The molecule has 0 saturated carbocycles. The van der Waals surface area contributed by atoms with E-state index in [1.807, 2.05) is 0 Å². The lowest BCUT2D eigenvalue weighted by atomic mass is 10.00. The first kappa shape index (κ1) is 13.4. The largest absolute Gasteiger partial charge is 0.380 e. The molecule has 1 heterocycles. The summed E-state index contributed by atoms with van der Waals surface area (Å²) >= 11 is 0. The fourth-order valence-corrected chi connectivity index (χ4v) is 2.66. The summed E-state index contributed by atoms with van der Waals surface area (Å²) in [6.07, 6.45) is 3.67. The summed E-state index contributed by atoms with van der Waals surface area (Å²) < 4.78 is 5.50. The Bertz CT molecular complexity index is 381. The van der Waals surface area contributed by atoms with Crippen LogP contribution in [-0.2, 0) is 4.74 Å². The van der Waals surface area contributed by atoms with Crippen molar-refractivity contribution in [1.29, 1.82) is 0 Å². The Labute approximate surface area is 110 Å². The van der Waals surface area contributed by atoms with E-state index < -0.39 is 0 Å². The minimum Gasteiger partial charge on any atom is -0.380 e. The Balaban J connectivity index is 2.21. The van der Waals surface area contributed by atoms with Crippen molar-refractivity contribution in [2.75, 3.05) is 25.1 Å². The van der Waals surface area contributed by atoms with E-state index in [-0.39, 0.29) is 6.04 Å². The SMILES string of the molecule is CC[C@H](N)c1ccccc1N1CCCC(OC)C1. The number of para-hydroxylation sites is 1. The molecule has 0 bridgehead atoms. The van der Waals surface area contributed by atoms with E-state index in [0.717, 1.165) is 25.9 Å². The molecular weight excluding hydrogens is 224 g/mol. The molecule has 0 amide bonds. The highest BCUT2D eigenvalue weighted by Crippen LogP contribution is 2.29. The Morgan fingerprint density at radius 1 is 1.44 bits per heavy atom. The maximum atomic E-state index is 6.21. The molecule has 0 aliphatic carbocycles. The van der Waals surface area contributed by atoms with Crippen LogP contribution in [0.3, 0.4) is 0 Å². The van der Waals surface area contributed by atoms with Crippen LogP contribution in [0.25, 0.3) is 0 Å². The molecule has 2 N–H and O–H groups in total. The third-order valence-corrected chi connectivity index (χ3v) is 3.83. The van der Waals surface area contributed by atoms with Crippen molar-refractivity contribution in [2.45, 2.75) is 38.3 Å². The first-order valence-corrected chi connectivity index (χ1v) is 6.88. The number of methoxy groups -OCH3 is 1. The summed E-state index contributed by atoms with van der Waals surface area (Å²) in [5, 5.41) is 0. The lowest BCUT2D eigenvalue weighted by Gasteiger charge is -2.35. The number of ether oxygens (including phenoxy) is 1. The molecular formula is C15H24N2O. The fourth-order valence-electron chi connectivity index (χ4n) is 2.66. The predicted octanol–water partition coefficient (Wildman–Crippen LogP) is 2.71. The topological polar surface area (TPSA) is 38.5 Å². The Morgan fingerprint density at radius 2 is 2.22 bits per heavy atom. The molecule has 0 radical (unpaired) electrons. The average molecular weight is 248 g/mol. The van der Waals surface area contributed by atoms with Crippen LogP contribution in [0, 0.1) is 0 Å². The third kappa shape index (κ3) is 2.85. The normalized spacial score (nSPS) is 21.9. The third-order valence-electron chi connectivity index (χ3n) is 3.83. The van der Waals surface area contributed by atoms with Gasteiger partial charge in [-0.05, 0) is 30.9 Å². The van der Waals surface area contributed by atoms with Gasteiger partial charge in [-0.25, -0.2) is 0 Å². The number of benzene rings is 1. The van der Waals surface area contributed by atoms with E-state index in [0.29, 0.717) is 6.10 Å². The highest BCUT2D eigenvalue weighted by molar-refractivity contribution is 5.55. The summed E-state index contributed by atoms with van der Waals surface area (Å²) in [7, 11) is 1.80. The second-order valence-electron chi connectivity index (χ2n) is 5.02. The number of hydrogen-bond donors (Lipinski definition) is 1. The van der Waals surface area contributed by atoms with Crippen molar-refractivity contribution in [3.05, 3.63) is 29.8 Å². The van der Waals surface area contributed by atoms with Crippen molar-refractivity contribution in [3.8, 4) is 0 Å². The van der Waals surface area contributed by atoms with Crippen LogP contribution in [0.2, 0.25) is 0 Å². The Morgan fingerprint density at radius 3 is 2.94 bits per heavy atom. The van der Waals surface area contributed by atoms with Crippen LogP contribution in [0.1, 0.15) is 37.8 Å². The van der Waals surface area contributed by atoms with E-state index >= 15 is 0 Å². The summed E-state index contributed by atoms with van der Waals surface area (Å²) in [5.74, 6) is 0. The van der Waals surface area contributed by atoms with Crippen LogP contribution in [-0.4, -0.2) is 26.3 Å². The fraction of sp³-hybridized carbons (Fsp3) is 0.600. The van der Waals surface area contributed by atoms with Gasteiger partial charge < -0.3 is 15.4 Å². The molecule has 3 heteroatoms. The van der Waals surface area contributed by atoms with Gasteiger partial charge in [0.05, 0.1) is 6.10 Å².